The molecule has 0 saturated heterocycles. The van der Waals surface area contributed by atoms with Crippen LogP contribution in [0.1, 0.15) is 41.4 Å². The standard InChI is InChI=1S/C25H24ClN3O4/c1-14-9-17-3-6-19(26)10-21(17)22-11-23(30)29(12-18(22)13-33-14)15(2)25(32)28-20-7-4-16(5-8-20)24(27)31/h3-8,10-12,14-15H,9,13H2,1-2H3,(H2,27,31)(H,28,32). The second-order valence-electron chi connectivity index (χ2n) is 8.19. The molecule has 0 saturated carbocycles. The second kappa shape index (κ2) is 9.21. The van der Waals surface area contributed by atoms with Crippen LogP contribution in [0, 0.1) is 0 Å². The summed E-state index contributed by atoms with van der Waals surface area (Å²) in [7, 11) is 0. The Morgan fingerprint density at radius 2 is 1.82 bits per heavy atom. The van der Waals surface area contributed by atoms with E-state index in [0.29, 0.717) is 29.3 Å². The summed E-state index contributed by atoms with van der Waals surface area (Å²) in [4.78, 5) is 37.1. The summed E-state index contributed by atoms with van der Waals surface area (Å²) >= 11 is 6.25. The third kappa shape index (κ3) is 4.84. The fourth-order valence-corrected chi connectivity index (χ4v) is 4.10. The molecule has 1 aliphatic rings. The van der Waals surface area contributed by atoms with Gasteiger partial charge in [0.1, 0.15) is 6.04 Å². The van der Waals surface area contributed by atoms with Crippen molar-refractivity contribution >= 4 is 29.1 Å². The highest BCUT2D eigenvalue weighted by atomic mass is 35.5. The number of primary amides is 1. The second-order valence-corrected chi connectivity index (χ2v) is 8.63. The average Bonchev–Trinajstić information content (AvgIpc) is 2.78. The van der Waals surface area contributed by atoms with Gasteiger partial charge in [-0.05, 0) is 73.4 Å². The van der Waals surface area contributed by atoms with Crippen LogP contribution in [0.15, 0.2) is 59.5 Å². The van der Waals surface area contributed by atoms with Crippen molar-refractivity contribution in [2.24, 2.45) is 5.73 Å². The summed E-state index contributed by atoms with van der Waals surface area (Å²) in [6, 6.07) is 12.6. The number of carbonyl (C=O) groups is 2. The number of benzene rings is 2. The number of fused-ring (bicyclic) bond motifs is 3. The van der Waals surface area contributed by atoms with Crippen LogP contribution < -0.4 is 16.6 Å². The van der Waals surface area contributed by atoms with E-state index in [-0.39, 0.29) is 17.6 Å². The van der Waals surface area contributed by atoms with Gasteiger partial charge in [-0.3, -0.25) is 14.4 Å². The molecule has 4 rings (SSSR count). The Hall–Kier alpha value is -3.42. The summed E-state index contributed by atoms with van der Waals surface area (Å²) < 4.78 is 7.37. The molecule has 8 heteroatoms. The Labute approximate surface area is 196 Å². The number of carbonyl (C=O) groups excluding carboxylic acids is 2. The first-order valence-corrected chi connectivity index (χ1v) is 11.0. The minimum Gasteiger partial charge on any atom is -0.373 e. The predicted octanol–water partition coefficient (Wildman–Crippen LogP) is 3.93. The number of aromatic nitrogens is 1. The Balaban J connectivity index is 1.66. The lowest BCUT2D eigenvalue weighted by molar-refractivity contribution is -0.118. The average molecular weight is 466 g/mol. The molecule has 0 aliphatic carbocycles. The first-order chi connectivity index (χ1) is 15.7. The van der Waals surface area contributed by atoms with Crippen molar-refractivity contribution in [2.75, 3.05) is 5.32 Å². The van der Waals surface area contributed by atoms with Gasteiger partial charge in [0.15, 0.2) is 0 Å². The molecule has 2 unspecified atom stereocenters. The molecule has 7 nitrogen and oxygen atoms in total. The quantitative estimate of drug-likeness (QED) is 0.609. The molecule has 2 aromatic carbocycles. The summed E-state index contributed by atoms with van der Waals surface area (Å²) in [5, 5.41) is 3.36. The summed E-state index contributed by atoms with van der Waals surface area (Å²) in [5.41, 5.74) is 9.30. The zero-order valence-electron chi connectivity index (χ0n) is 18.3. The molecule has 2 amide bonds. The zero-order chi connectivity index (χ0) is 23.7. The van der Waals surface area contributed by atoms with E-state index < -0.39 is 11.9 Å². The lowest BCUT2D eigenvalue weighted by Crippen LogP contribution is -2.32. The molecule has 1 aromatic heterocycles. The van der Waals surface area contributed by atoms with Crippen molar-refractivity contribution in [2.45, 2.75) is 39.0 Å². The molecule has 0 fully saturated rings. The van der Waals surface area contributed by atoms with Crippen molar-refractivity contribution in [3.8, 4) is 11.1 Å². The van der Waals surface area contributed by atoms with Crippen LogP contribution in [0.4, 0.5) is 5.69 Å². The first-order valence-electron chi connectivity index (χ1n) is 10.6. The van der Waals surface area contributed by atoms with Crippen LogP contribution in [-0.4, -0.2) is 22.5 Å². The maximum Gasteiger partial charge on any atom is 0.251 e. The topological polar surface area (TPSA) is 103 Å². The molecule has 0 radical (unpaired) electrons. The van der Waals surface area contributed by atoms with Crippen molar-refractivity contribution in [1.82, 2.24) is 4.57 Å². The van der Waals surface area contributed by atoms with E-state index in [1.807, 2.05) is 25.1 Å². The number of rotatable bonds is 4. The van der Waals surface area contributed by atoms with E-state index in [1.54, 1.807) is 25.3 Å². The summed E-state index contributed by atoms with van der Waals surface area (Å²) in [6.45, 7) is 3.96. The highest BCUT2D eigenvalue weighted by Gasteiger charge is 2.22. The predicted molar refractivity (Wildman–Crippen MR) is 127 cm³/mol. The van der Waals surface area contributed by atoms with E-state index in [2.05, 4.69) is 5.32 Å². The normalized spacial score (nSPS) is 16.0. The van der Waals surface area contributed by atoms with Crippen LogP contribution in [0.3, 0.4) is 0 Å². The van der Waals surface area contributed by atoms with E-state index >= 15 is 0 Å². The number of pyridine rings is 1. The number of ether oxygens (including phenoxy) is 1. The molecular weight excluding hydrogens is 442 g/mol. The minimum absolute atomic E-state index is 0.0115. The molecule has 0 spiro atoms. The monoisotopic (exact) mass is 465 g/mol. The zero-order valence-corrected chi connectivity index (χ0v) is 19.1. The van der Waals surface area contributed by atoms with Gasteiger partial charge in [0.05, 0.1) is 12.7 Å². The minimum atomic E-state index is -0.777. The number of amides is 2. The highest BCUT2D eigenvalue weighted by Crippen LogP contribution is 2.33. The Kier molecular flexibility index (Phi) is 6.35. The van der Waals surface area contributed by atoms with E-state index in [0.717, 1.165) is 22.3 Å². The molecule has 33 heavy (non-hydrogen) atoms. The third-order valence-corrected chi connectivity index (χ3v) is 6.02. The van der Waals surface area contributed by atoms with Crippen molar-refractivity contribution in [3.63, 3.8) is 0 Å². The van der Waals surface area contributed by atoms with Crippen LogP contribution in [0.2, 0.25) is 5.02 Å². The lowest BCUT2D eigenvalue weighted by atomic mass is 9.92. The number of anilines is 1. The van der Waals surface area contributed by atoms with Crippen molar-refractivity contribution in [3.05, 3.63) is 86.8 Å². The summed E-state index contributed by atoms with van der Waals surface area (Å²) in [6.07, 6.45) is 2.38. The molecule has 3 aromatic rings. The van der Waals surface area contributed by atoms with Gasteiger partial charge in [0.2, 0.25) is 11.8 Å². The SMILES string of the molecule is CC1Cc2ccc(Cl)cc2-c2cc(=O)n(C(C)C(=O)Nc3ccc(C(N)=O)cc3)cc2CO1. The Morgan fingerprint density at radius 1 is 1.12 bits per heavy atom. The fourth-order valence-electron chi connectivity index (χ4n) is 3.93. The fraction of sp³-hybridized carbons (Fsp3) is 0.240. The molecular formula is C25H24ClN3O4. The third-order valence-electron chi connectivity index (χ3n) is 5.79. The first kappa shape index (κ1) is 22.8. The molecule has 0 bridgehead atoms. The Bertz CT molecular complexity index is 1280. The van der Waals surface area contributed by atoms with Gasteiger partial charge >= 0.3 is 0 Å². The van der Waals surface area contributed by atoms with Gasteiger partial charge in [-0.2, -0.15) is 0 Å². The van der Waals surface area contributed by atoms with Gasteiger partial charge in [0, 0.05) is 34.1 Å². The molecule has 2 atom stereocenters. The number of hydrogen-bond acceptors (Lipinski definition) is 4. The van der Waals surface area contributed by atoms with Gasteiger partial charge < -0.3 is 20.4 Å². The van der Waals surface area contributed by atoms with Gasteiger partial charge in [-0.1, -0.05) is 17.7 Å². The number of nitrogens with two attached hydrogens (primary N) is 1. The maximum atomic E-state index is 13.0. The smallest absolute Gasteiger partial charge is 0.251 e. The molecule has 170 valence electrons. The van der Waals surface area contributed by atoms with Gasteiger partial charge in [0.25, 0.3) is 5.56 Å². The van der Waals surface area contributed by atoms with Crippen LogP contribution in [-0.2, 0) is 22.6 Å². The number of nitrogens with zero attached hydrogens (tertiary/aromatic N) is 1. The van der Waals surface area contributed by atoms with Gasteiger partial charge in [-0.25, -0.2) is 0 Å². The number of hydrogen-bond donors (Lipinski definition) is 2. The van der Waals surface area contributed by atoms with Crippen LogP contribution in [0.25, 0.3) is 11.1 Å². The maximum absolute atomic E-state index is 13.0. The lowest BCUT2D eigenvalue weighted by Gasteiger charge is -2.24. The number of nitrogens with one attached hydrogen (secondary N) is 1. The van der Waals surface area contributed by atoms with E-state index in [1.165, 1.54) is 22.8 Å². The van der Waals surface area contributed by atoms with Crippen LogP contribution in [0.5, 0.6) is 0 Å². The molecule has 3 N–H and O–H groups in total. The molecule has 1 aliphatic heterocycles. The van der Waals surface area contributed by atoms with E-state index in [9.17, 15) is 14.4 Å². The Morgan fingerprint density at radius 3 is 2.52 bits per heavy atom. The van der Waals surface area contributed by atoms with Crippen LogP contribution >= 0.6 is 11.6 Å². The molecule has 2 heterocycles. The highest BCUT2D eigenvalue weighted by molar-refractivity contribution is 6.30. The van der Waals surface area contributed by atoms with Crippen molar-refractivity contribution in [1.29, 1.82) is 0 Å². The van der Waals surface area contributed by atoms with E-state index in [4.69, 9.17) is 22.1 Å². The largest absolute Gasteiger partial charge is 0.373 e. The van der Waals surface area contributed by atoms with Gasteiger partial charge in [-0.15, -0.1) is 0 Å². The number of halogens is 1. The summed E-state index contributed by atoms with van der Waals surface area (Å²) in [5.74, 6) is -0.916. The van der Waals surface area contributed by atoms with Crippen molar-refractivity contribution < 1.29 is 14.3 Å².